The Morgan fingerprint density at radius 2 is 2.11 bits per heavy atom. The molecule has 1 saturated carbocycles. The normalized spacial score (nSPS) is 21.0. The Bertz CT molecular complexity index is 873. The van der Waals surface area contributed by atoms with Crippen molar-refractivity contribution in [2.24, 2.45) is 5.41 Å². The lowest BCUT2D eigenvalue weighted by Crippen LogP contribution is -2.31. The van der Waals surface area contributed by atoms with Gasteiger partial charge >= 0.3 is 0 Å². The maximum Gasteiger partial charge on any atom is 0.257 e. The van der Waals surface area contributed by atoms with Gasteiger partial charge in [0.1, 0.15) is 11.6 Å². The second-order valence-electron chi connectivity index (χ2n) is 8.39. The van der Waals surface area contributed by atoms with Crippen LogP contribution in [0.25, 0.3) is 0 Å². The van der Waals surface area contributed by atoms with Gasteiger partial charge in [-0.25, -0.2) is 4.98 Å². The van der Waals surface area contributed by atoms with Crippen LogP contribution in [-0.4, -0.2) is 46.2 Å². The van der Waals surface area contributed by atoms with E-state index in [-0.39, 0.29) is 23.2 Å². The van der Waals surface area contributed by atoms with Crippen LogP contribution in [0.15, 0.2) is 18.2 Å². The van der Waals surface area contributed by atoms with Crippen molar-refractivity contribution >= 4 is 17.5 Å². The Morgan fingerprint density at radius 3 is 2.75 bits per heavy atom. The molecular weight excluding hydrogens is 376 g/mol. The predicted octanol–water partition coefficient (Wildman–Crippen LogP) is 4.39. The van der Waals surface area contributed by atoms with E-state index < -0.39 is 0 Å². The fraction of sp³-hybridized carbons (Fsp3) is 0.571. The molecule has 1 N–H and O–H groups in total. The van der Waals surface area contributed by atoms with E-state index in [1.165, 1.54) is 12.8 Å². The molecular formula is C21H27ClN4O2. The molecule has 1 aromatic heterocycles. The monoisotopic (exact) mass is 402 g/mol. The summed E-state index contributed by atoms with van der Waals surface area (Å²) in [6, 6.07) is 5.19. The Balaban J connectivity index is 1.65. The van der Waals surface area contributed by atoms with Crippen molar-refractivity contribution in [1.29, 1.82) is 0 Å². The Kier molecular flexibility index (Phi) is 5.08. The van der Waals surface area contributed by atoms with Crippen molar-refractivity contribution in [1.82, 2.24) is 20.1 Å². The first-order chi connectivity index (χ1) is 13.4. The fourth-order valence-electron chi connectivity index (χ4n) is 4.81. The third kappa shape index (κ3) is 3.28. The number of nitrogens with zero attached hydrogens (tertiary/aromatic N) is 3. The molecule has 1 spiro atoms. The van der Waals surface area contributed by atoms with E-state index in [2.05, 4.69) is 24.0 Å². The summed E-state index contributed by atoms with van der Waals surface area (Å²) in [7, 11) is 1.58. The number of halogens is 1. The highest BCUT2D eigenvalue weighted by Crippen LogP contribution is 2.53. The molecule has 1 aliphatic carbocycles. The zero-order valence-corrected chi connectivity index (χ0v) is 17.4. The molecule has 1 atom stereocenters. The minimum Gasteiger partial charge on any atom is -0.496 e. The lowest BCUT2D eigenvalue weighted by molar-refractivity contribution is 0.0770. The number of hydrogen-bond donors (Lipinski definition) is 1. The summed E-state index contributed by atoms with van der Waals surface area (Å²) in [6.45, 7) is 5.56. The van der Waals surface area contributed by atoms with Crippen LogP contribution >= 0.6 is 11.6 Å². The zero-order chi connectivity index (χ0) is 19.9. The van der Waals surface area contributed by atoms with Crippen LogP contribution in [0, 0.1) is 5.41 Å². The number of H-pyrrole nitrogens is 1. The number of rotatable bonds is 4. The van der Waals surface area contributed by atoms with Gasteiger partial charge in [0, 0.05) is 29.9 Å². The molecule has 1 saturated heterocycles. The van der Waals surface area contributed by atoms with E-state index in [0.717, 1.165) is 31.0 Å². The number of carbonyl (C=O) groups is 1. The highest BCUT2D eigenvalue weighted by Gasteiger charge is 2.51. The number of likely N-dealkylation sites (tertiary alicyclic amines) is 1. The molecule has 0 radical (unpaired) electrons. The number of benzene rings is 1. The van der Waals surface area contributed by atoms with Gasteiger partial charge in [-0.3, -0.25) is 9.89 Å². The van der Waals surface area contributed by atoms with E-state index in [1.807, 2.05) is 4.90 Å². The number of aromatic nitrogens is 3. The Hall–Kier alpha value is -2.08. The number of ether oxygens (including phenoxy) is 1. The van der Waals surface area contributed by atoms with E-state index in [9.17, 15) is 4.79 Å². The van der Waals surface area contributed by atoms with Gasteiger partial charge in [-0.15, -0.1) is 0 Å². The van der Waals surface area contributed by atoms with Crippen LogP contribution in [0.1, 0.15) is 73.4 Å². The maximum absolute atomic E-state index is 13.4. The Labute approximate surface area is 170 Å². The molecule has 2 heterocycles. The van der Waals surface area contributed by atoms with Crippen molar-refractivity contribution in [3.63, 3.8) is 0 Å². The van der Waals surface area contributed by atoms with Crippen molar-refractivity contribution in [3.05, 3.63) is 40.4 Å². The van der Waals surface area contributed by atoms with Crippen LogP contribution in [0.4, 0.5) is 0 Å². The molecule has 7 heteroatoms. The Morgan fingerprint density at radius 1 is 1.36 bits per heavy atom. The van der Waals surface area contributed by atoms with Gasteiger partial charge in [0.2, 0.25) is 0 Å². The quantitative estimate of drug-likeness (QED) is 0.823. The summed E-state index contributed by atoms with van der Waals surface area (Å²) in [6.07, 6.45) is 4.63. The summed E-state index contributed by atoms with van der Waals surface area (Å²) >= 11 is 6.15. The summed E-state index contributed by atoms with van der Waals surface area (Å²) in [5, 5.41) is 8.11. The molecule has 2 aromatic rings. The predicted molar refractivity (Wildman–Crippen MR) is 108 cm³/mol. The van der Waals surface area contributed by atoms with Gasteiger partial charge in [-0.2, -0.15) is 5.10 Å². The molecule has 28 heavy (non-hydrogen) atoms. The highest BCUT2D eigenvalue weighted by molar-refractivity contribution is 6.31. The number of aromatic amines is 1. The molecule has 150 valence electrons. The van der Waals surface area contributed by atoms with Crippen molar-refractivity contribution in [3.8, 4) is 5.75 Å². The summed E-state index contributed by atoms with van der Waals surface area (Å²) in [5.41, 5.74) is 0.596. The fourth-order valence-corrected chi connectivity index (χ4v) is 4.98. The van der Waals surface area contributed by atoms with E-state index in [1.54, 1.807) is 25.3 Å². The van der Waals surface area contributed by atoms with E-state index in [0.29, 0.717) is 22.9 Å². The molecule has 4 rings (SSSR count). The average molecular weight is 403 g/mol. The van der Waals surface area contributed by atoms with Gasteiger partial charge < -0.3 is 9.64 Å². The lowest BCUT2D eigenvalue weighted by atomic mass is 9.76. The van der Waals surface area contributed by atoms with Crippen LogP contribution in [0.3, 0.4) is 0 Å². The average Bonchev–Trinajstić information content (AvgIpc) is 3.41. The van der Waals surface area contributed by atoms with Gasteiger partial charge in [0.15, 0.2) is 5.82 Å². The molecule has 2 aliphatic rings. The number of hydrogen-bond acceptors (Lipinski definition) is 4. The van der Waals surface area contributed by atoms with Crippen molar-refractivity contribution in [2.75, 3.05) is 20.2 Å². The largest absolute Gasteiger partial charge is 0.496 e. The molecule has 1 unspecified atom stereocenters. The summed E-state index contributed by atoms with van der Waals surface area (Å²) in [5.74, 6) is 2.74. The van der Waals surface area contributed by atoms with Gasteiger partial charge in [-0.1, -0.05) is 38.3 Å². The number of nitrogens with one attached hydrogen (secondary N) is 1. The zero-order valence-electron chi connectivity index (χ0n) is 16.7. The molecule has 1 aromatic carbocycles. The number of amides is 1. The van der Waals surface area contributed by atoms with Crippen LogP contribution in [-0.2, 0) is 0 Å². The number of carbonyl (C=O) groups excluding carboxylic acids is 1. The van der Waals surface area contributed by atoms with Gasteiger partial charge in [0.25, 0.3) is 5.91 Å². The first kappa shape index (κ1) is 19.2. The second kappa shape index (κ2) is 7.39. The SMILES string of the molecule is COc1ccc(Cl)cc1C(=O)N1CC(c2nc(C(C)C)n[nH]2)C2(CCCC2)C1. The van der Waals surface area contributed by atoms with Crippen LogP contribution in [0.2, 0.25) is 5.02 Å². The third-order valence-corrected chi connectivity index (χ3v) is 6.53. The first-order valence-corrected chi connectivity index (χ1v) is 10.4. The molecule has 1 amide bonds. The van der Waals surface area contributed by atoms with Gasteiger partial charge in [0.05, 0.1) is 12.7 Å². The smallest absolute Gasteiger partial charge is 0.257 e. The molecule has 6 nitrogen and oxygen atoms in total. The van der Waals surface area contributed by atoms with Crippen LogP contribution in [0.5, 0.6) is 5.75 Å². The molecule has 2 fully saturated rings. The maximum atomic E-state index is 13.4. The number of methoxy groups -OCH3 is 1. The van der Waals surface area contributed by atoms with Crippen LogP contribution < -0.4 is 4.74 Å². The van der Waals surface area contributed by atoms with Gasteiger partial charge in [-0.05, 0) is 36.5 Å². The minimum absolute atomic E-state index is 0.0308. The topological polar surface area (TPSA) is 71.1 Å². The second-order valence-corrected chi connectivity index (χ2v) is 8.82. The van der Waals surface area contributed by atoms with Crippen molar-refractivity contribution in [2.45, 2.75) is 51.4 Å². The molecule has 0 bridgehead atoms. The first-order valence-electron chi connectivity index (χ1n) is 9.98. The summed E-state index contributed by atoms with van der Waals surface area (Å²) in [4.78, 5) is 20.1. The third-order valence-electron chi connectivity index (χ3n) is 6.29. The lowest BCUT2D eigenvalue weighted by Gasteiger charge is -2.28. The molecule has 1 aliphatic heterocycles. The minimum atomic E-state index is -0.0308. The summed E-state index contributed by atoms with van der Waals surface area (Å²) < 4.78 is 5.40. The standard InChI is InChI=1S/C21H27ClN4O2/c1-13(2)18-23-19(25-24-18)16-11-26(12-21(16)8-4-5-9-21)20(27)15-10-14(22)6-7-17(15)28-3/h6-7,10,13,16H,4-5,8-9,11-12H2,1-3H3,(H,23,24,25). The van der Waals surface area contributed by atoms with Crippen molar-refractivity contribution < 1.29 is 9.53 Å². The van der Waals surface area contributed by atoms with E-state index >= 15 is 0 Å². The van der Waals surface area contributed by atoms with E-state index in [4.69, 9.17) is 21.3 Å². The highest BCUT2D eigenvalue weighted by atomic mass is 35.5.